The van der Waals surface area contributed by atoms with Crippen molar-refractivity contribution < 1.29 is 0 Å². The first-order valence-corrected chi connectivity index (χ1v) is 5.06. The molecule has 82 valence electrons. The monoisotopic (exact) mass is 236 g/mol. The van der Waals surface area contributed by atoms with Crippen LogP contribution in [0.4, 0.5) is 0 Å². The highest BCUT2D eigenvalue weighted by molar-refractivity contribution is 6.31. The van der Waals surface area contributed by atoms with E-state index in [2.05, 4.69) is 4.98 Å². The SMILES string of the molecule is Cc1c(Cl)c(=O)[nH]c(=O)n1-c1ccccc1. The third-order valence-electron chi connectivity index (χ3n) is 2.29. The van der Waals surface area contributed by atoms with Crippen molar-refractivity contribution in [3.05, 3.63) is 61.9 Å². The Morgan fingerprint density at radius 3 is 2.44 bits per heavy atom. The average Bonchev–Trinajstić information content (AvgIpc) is 2.28. The Balaban J connectivity index is 2.82. The molecule has 0 radical (unpaired) electrons. The Morgan fingerprint density at radius 2 is 1.81 bits per heavy atom. The third kappa shape index (κ3) is 1.67. The van der Waals surface area contributed by atoms with E-state index in [0.29, 0.717) is 11.4 Å². The standard InChI is InChI=1S/C11H9ClN2O2/c1-7-9(12)10(15)13-11(16)14(7)8-5-3-2-4-6-8/h2-6H,1H3,(H,13,15,16). The molecule has 0 amide bonds. The van der Waals surface area contributed by atoms with E-state index >= 15 is 0 Å². The summed E-state index contributed by atoms with van der Waals surface area (Å²) in [7, 11) is 0. The Kier molecular flexibility index (Phi) is 2.66. The minimum Gasteiger partial charge on any atom is -0.272 e. The van der Waals surface area contributed by atoms with E-state index in [9.17, 15) is 9.59 Å². The van der Waals surface area contributed by atoms with Gasteiger partial charge in [0, 0.05) is 5.69 Å². The number of benzene rings is 1. The number of nitrogens with zero attached hydrogens (tertiary/aromatic N) is 1. The van der Waals surface area contributed by atoms with E-state index < -0.39 is 11.2 Å². The van der Waals surface area contributed by atoms with Crippen LogP contribution in [0.3, 0.4) is 0 Å². The van der Waals surface area contributed by atoms with Gasteiger partial charge in [-0.25, -0.2) is 4.79 Å². The van der Waals surface area contributed by atoms with Gasteiger partial charge >= 0.3 is 5.69 Å². The number of hydrogen-bond donors (Lipinski definition) is 1. The van der Waals surface area contributed by atoms with Crippen LogP contribution >= 0.6 is 11.6 Å². The molecule has 16 heavy (non-hydrogen) atoms. The summed E-state index contributed by atoms with van der Waals surface area (Å²) in [5, 5.41) is 0.0310. The quantitative estimate of drug-likeness (QED) is 0.816. The van der Waals surface area contributed by atoms with Gasteiger partial charge in [-0.15, -0.1) is 0 Å². The molecule has 0 saturated heterocycles. The Labute approximate surface area is 96.1 Å². The fraction of sp³-hybridized carbons (Fsp3) is 0.0909. The van der Waals surface area contributed by atoms with Crippen LogP contribution in [0.5, 0.6) is 0 Å². The number of nitrogens with one attached hydrogen (secondary N) is 1. The molecule has 4 nitrogen and oxygen atoms in total. The highest BCUT2D eigenvalue weighted by Gasteiger charge is 2.09. The predicted octanol–water partition coefficient (Wildman–Crippen LogP) is 1.49. The van der Waals surface area contributed by atoms with E-state index in [0.717, 1.165) is 0 Å². The molecule has 0 fully saturated rings. The Hall–Kier alpha value is -1.81. The van der Waals surface area contributed by atoms with Crippen LogP contribution in [-0.4, -0.2) is 9.55 Å². The van der Waals surface area contributed by atoms with Gasteiger partial charge in [0.25, 0.3) is 5.56 Å². The average molecular weight is 237 g/mol. The van der Waals surface area contributed by atoms with Gasteiger partial charge in [0.05, 0.1) is 5.69 Å². The zero-order valence-electron chi connectivity index (χ0n) is 8.53. The molecular formula is C11H9ClN2O2. The van der Waals surface area contributed by atoms with E-state index in [4.69, 9.17) is 11.6 Å². The number of para-hydroxylation sites is 1. The van der Waals surface area contributed by atoms with Crippen molar-refractivity contribution in [2.24, 2.45) is 0 Å². The maximum absolute atomic E-state index is 11.7. The van der Waals surface area contributed by atoms with Gasteiger partial charge in [-0.1, -0.05) is 29.8 Å². The lowest BCUT2D eigenvalue weighted by Crippen LogP contribution is -2.31. The molecule has 1 aromatic heterocycles. The number of aromatic amines is 1. The van der Waals surface area contributed by atoms with Crippen LogP contribution in [0, 0.1) is 6.92 Å². The summed E-state index contributed by atoms with van der Waals surface area (Å²) in [5.41, 5.74) is 0.0548. The molecule has 1 N–H and O–H groups in total. The van der Waals surface area contributed by atoms with Gasteiger partial charge < -0.3 is 0 Å². The van der Waals surface area contributed by atoms with Crippen LogP contribution in [0.15, 0.2) is 39.9 Å². The van der Waals surface area contributed by atoms with Gasteiger partial charge in [-0.05, 0) is 19.1 Å². The lowest BCUT2D eigenvalue weighted by molar-refractivity contribution is 0.857. The number of rotatable bonds is 1. The molecule has 0 aliphatic heterocycles. The van der Waals surface area contributed by atoms with Crippen LogP contribution in [0.25, 0.3) is 5.69 Å². The van der Waals surface area contributed by atoms with E-state index in [-0.39, 0.29) is 5.02 Å². The molecule has 0 aliphatic carbocycles. The maximum atomic E-state index is 11.7. The van der Waals surface area contributed by atoms with E-state index in [1.54, 1.807) is 31.2 Å². The number of aromatic nitrogens is 2. The molecule has 0 saturated carbocycles. The minimum absolute atomic E-state index is 0.0310. The summed E-state index contributed by atoms with van der Waals surface area (Å²) in [6.07, 6.45) is 0. The topological polar surface area (TPSA) is 54.9 Å². The van der Waals surface area contributed by atoms with E-state index in [1.807, 2.05) is 6.07 Å². The highest BCUT2D eigenvalue weighted by atomic mass is 35.5. The summed E-state index contributed by atoms with van der Waals surface area (Å²) >= 11 is 5.80. The largest absolute Gasteiger partial charge is 0.333 e. The highest BCUT2D eigenvalue weighted by Crippen LogP contribution is 2.11. The van der Waals surface area contributed by atoms with Crippen LogP contribution < -0.4 is 11.2 Å². The lowest BCUT2D eigenvalue weighted by Gasteiger charge is -2.09. The van der Waals surface area contributed by atoms with Crippen LogP contribution in [0.2, 0.25) is 5.02 Å². The number of halogens is 1. The van der Waals surface area contributed by atoms with Gasteiger partial charge in [0.15, 0.2) is 0 Å². The molecule has 1 heterocycles. The predicted molar refractivity (Wildman–Crippen MR) is 62.4 cm³/mol. The number of H-pyrrole nitrogens is 1. The first kappa shape index (κ1) is 10.7. The lowest BCUT2D eigenvalue weighted by atomic mass is 10.3. The van der Waals surface area contributed by atoms with E-state index in [1.165, 1.54) is 4.57 Å². The normalized spacial score (nSPS) is 10.4. The van der Waals surface area contributed by atoms with Crippen molar-refractivity contribution in [1.82, 2.24) is 9.55 Å². The van der Waals surface area contributed by atoms with Crippen molar-refractivity contribution in [2.45, 2.75) is 6.92 Å². The number of hydrogen-bond acceptors (Lipinski definition) is 2. The molecule has 5 heteroatoms. The fourth-order valence-electron chi connectivity index (χ4n) is 1.51. The van der Waals surface area contributed by atoms with Gasteiger partial charge in [0.1, 0.15) is 5.02 Å². The Bertz CT molecular complexity index is 629. The third-order valence-corrected chi connectivity index (χ3v) is 2.74. The van der Waals surface area contributed by atoms with Gasteiger partial charge in [-0.2, -0.15) is 0 Å². The Morgan fingerprint density at radius 1 is 1.19 bits per heavy atom. The van der Waals surface area contributed by atoms with Gasteiger partial charge in [0.2, 0.25) is 0 Å². The zero-order valence-corrected chi connectivity index (χ0v) is 9.28. The van der Waals surface area contributed by atoms with Crippen molar-refractivity contribution in [2.75, 3.05) is 0 Å². The molecular weight excluding hydrogens is 228 g/mol. The van der Waals surface area contributed by atoms with Crippen LogP contribution in [0.1, 0.15) is 5.69 Å². The maximum Gasteiger partial charge on any atom is 0.333 e. The molecule has 0 aliphatic rings. The van der Waals surface area contributed by atoms with Crippen LogP contribution in [-0.2, 0) is 0 Å². The first-order chi connectivity index (χ1) is 7.61. The summed E-state index contributed by atoms with van der Waals surface area (Å²) in [4.78, 5) is 25.1. The summed E-state index contributed by atoms with van der Waals surface area (Å²) < 4.78 is 1.36. The summed E-state index contributed by atoms with van der Waals surface area (Å²) in [6, 6.07) is 8.99. The molecule has 0 atom stereocenters. The molecule has 0 spiro atoms. The smallest absolute Gasteiger partial charge is 0.272 e. The molecule has 0 bridgehead atoms. The minimum atomic E-state index is -0.559. The second kappa shape index (κ2) is 3.98. The van der Waals surface area contributed by atoms with Crippen molar-refractivity contribution in [3.63, 3.8) is 0 Å². The van der Waals surface area contributed by atoms with Gasteiger partial charge in [-0.3, -0.25) is 14.3 Å². The second-order valence-corrected chi connectivity index (χ2v) is 3.71. The zero-order chi connectivity index (χ0) is 11.7. The second-order valence-electron chi connectivity index (χ2n) is 3.33. The van der Waals surface area contributed by atoms with Crippen molar-refractivity contribution >= 4 is 11.6 Å². The van der Waals surface area contributed by atoms with Crippen molar-refractivity contribution in [3.8, 4) is 5.69 Å². The first-order valence-electron chi connectivity index (χ1n) is 4.68. The fourth-order valence-corrected chi connectivity index (χ4v) is 1.64. The molecule has 2 aromatic rings. The van der Waals surface area contributed by atoms with Crippen molar-refractivity contribution in [1.29, 1.82) is 0 Å². The summed E-state index contributed by atoms with van der Waals surface area (Å²) in [6.45, 7) is 1.63. The molecule has 0 unspecified atom stereocenters. The summed E-state index contributed by atoms with van der Waals surface area (Å²) in [5.74, 6) is 0. The molecule has 2 rings (SSSR count). The molecule has 1 aromatic carbocycles.